The van der Waals surface area contributed by atoms with Crippen LogP contribution in [0, 0.1) is 0 Å². The summed E-state index contributed by atoms with van der Waals surface area (Å²) in [5.74, 6) is -0.336. The van der Waals surface area contributed by atoms with E-state index in [1.165, 1.54) is 6.08 Å². The minimum Gasteiger partial charge on any atom is -0.476 e. The normalized spacial score (nSPS) is 12.1. The van der Waals surface area contributed by atoms with Crippen molar-refractivity contribution in [2.24, 2.45) is 0 Å². The largest absolute Gasteiger partial charge is 0.476 e. The van der Waals surface area contributed by atoms with Crippen molar-refractivity contribution in [2.45, 2.75) is 52.7 Å². The lowest BCUT2D eigenvalue weighted by Crippen LogP contribution is -2.43. The molecule has 0 fully saturated rings. The van der Waals surface area contributed by atoms with Crippen molar-refractivity contribution in [3.63, 3.8) is 0 Å². The molecule has 0 aliphatic rings. The van der Waals surface area contributed by atoms with E-state index in [1.807, 2.05) is 26.8 Å². The van der Waals surface area contributed by atoms with Gasteiger partial charge in [-0.15, -0.1) is 0 Å². The molecule has 0 spiro atoms. The van der Waals surface area contributed by atoms with Crippen molar-refractivity contribution < 1.29 is 23.8 Å². The Kier molecular flexibility index (Phi) is 6.58. The predicted molar refractivity (Wildman–Crippen MR) is 92.7 cm³/mol. The Balaban J connectivity index is 2.83. The lowest BCUT2D eigenvalue weighted by molar-refractivity contribution is -0.170. The Morgan fingerprint density at radius 1 is 1.12 bits per heavy atom. The van der Waals surface area contributed by atoms with E-state index in [4.69, 9.17) is 14.2 Å². The fourth-order valence-electron chi connectivity index (χ4n) is 1.77. The standard InChI is InChI=1S/C19H26O5/c1-7-22-16(20)12-11-14-9-8-10-15(13-14)23-19(5,6)17(21)24-18(2,3)4/h8-13H,7H2,1-6H3/b12-11+. The van der Waals surface area contributed by atoms with Gasteiger partial charge >= 0.3 is 11.9 Å². The highest BCUT2D eigenvalue weighted by atomic mass is 16.6. The Morgan fingerprint density at radius 3 is 2.38 bits per heavy atom. The van der Waals surface area contributed by atoms with Gasteiger partial charge in [-0.1, -0.05) is 12.1 Å². The fraction of sp³-hybridized carbons (Fsp3) is 0.474. The third kappa shape index (κ3) is 6.86. The van der Waals surface area contributed by atoms with Crippen LogP contribution in [0.1, 0.15) is 47.1 Å². The van der Waals surface area contributed by atoms with Gasteiger partial charge in [-0.25, -0.2) is 9.59 Å². The Hall–Kier alpha value is -2.30. The maximum atomic E-state index is 12.2. The molecule has 24 heavy (non-hydrogen) atoms. The number of benzene rings is 1. The van der Waals surface area contributed by atoms with Crippen LogP contribution in [0.5, 0.6) is 5.75 Å². The Morgan fingerprint density at radius 2 is 1.79 bits per heavy atom. The van der Waals surface area contributed by atoms with Gasteiger partial charge in [0.1, 0.15) is 11.4 Å². The molecule has 132 valence electrons. The summed E-state index contributed by atoms with van der Waals surface area (Å²) in [6.07, 6.45) is 2.98. The maximum Gasteiger partial charge on any atom is 0.350 e. The minimum atomic E-state index is -1.13. The SMILES string of the molecule is CCOC(=O)/C=C/c1cccc(OC(C)(C)C(=O)OC(C)(C)C)c1. The topological polar surface area (TPSA) is 61.8 Å². The van der Waals surface area contributed by atoms with Gasteiger partial charge in [-0.3, -0.25) is 0 Å². The first-order valence-corrected chi connectivity index (χ1v) is 7.91. The van der Waals surface area contributed by atoms with Crippen molar-refractivity contribution in [3.05, 3.63) is 35.9 Å². The van der Waals surface area contributed by atoms with Gasteiger partial charge in [0.2, 0.25) is 0 Å². The van der Waals surface area contributed by atoms with Gasteiger partial charge in [-0.2, -0.15) is 0 Å². The van der Waals surface area contributed by atoms with Gasteiger partial charge in [0.05, 0.1) is 6.61 Å². The molecule has 0 bridgehead atoms. The van der Waals surface area contributed by atoms with Crippen molar-refractivity contribution in [1.29, 1.82) is 0 Å². The number of esters is 2. The molecule has 0 N–H and O–H groups in total. The first kappa shape index (κ1) is 19.7. The van der Waals surface area contributed by atoms with E-state index in [1.54, 1.807) is 45.0 Å². The number of rotatable bonds is 6. The minimum absolute atomic E-state index is 0.330. The van der Waals surface area contributed by atoms with Crippen LogP contribution in [0.4, 0.5) is 0 Å². The summed E-state index contributed by atoms with van der Waals surface area (Å²) in [7, 11) is 0. The zero-order valence-corrected chi connectivity index (χ0v) is 15.2. The predicted octanol–water partition coefficient (Wildman–Crippen LogP) is 3.76. The molecular weight excluding hydrogens is 308 g/mol. The van der Waals surface area contributed by atoms with Gasteiger partial charge < -0.3 is 14.2 Å². The number of hydrogen-bond donors (Lipinski definition) is 0. The van der Waals surface area contributed by atoms with E-state index < -0.39 is 23.1 Å². The van der Waals surface area contributed by atoms with E-state index in [9.17, 15) is 9.59 Å². The van der Waals surface area contributed by atoms with E-state index in [2.05, 4.69) is 0 Å². The summed E-state index contributed by atoms with van der Waals surface area (Å²) in [6.45, 7) is 10.8. The Labute approximate surface area is 143 Å². The zero-order chi connectivity index (χ0) is 18.4. The van der Waals surface area contributed by atoms with Crippen LogP contribution in [0.2, 0.25) is 0 Å². The molecule has 5 nitrogen and oxygen atoms in total. The van der Waals surface area contributed by atoms with E-state index >= 15 is 0 Å². The third-order valence-electron chi connectivity index (χ3n) is 2.82. The maximum absolute atomic E-state index is 12.2. The van der Waals surface area contributed by atoms with E-state index in [0.717, 1.165) is 5.56 Å². The quantitative estimate of drug-likeness (QED) is 0.585. The number of carbonyl (C=O) groups is 2. The monoisotopic (exact) mass is 334 g/mol. The van der Waals surface area contributed by atoms with Crippen molar-refractivity contribution >= 4 is 18.0 Å². The average molecular weight is 334 g/mol. The van der Waals surface area contributed by atoms with Crippen LogP contribution in [-0.2, 0) is 19.1 Å². The van der Waals surface area contributed by atoms with Crippen LogP contribution in [0.15, 0.2) is 30.3 Å². The smallest absolute Gasteiger partial charge is 0.350 e. The second kappa shape index (κ2) is 7.99. The molecular formula is C19H26O5. The van der Waals surface area contributed by atoms with Gasteiger partial charge in [0.25, 0.3) is 0 Å². The van der Waals surface area contributed by atoms with Crippen LogP contribution in [-0.4, -0.2) is 29.7 Å². The molecule has 0 saturated carbocycles. The molecule has 0 saturated heterocycles. The Bertz CT molecular complexity index is 608. The third-order valence-corrected chi connectivity index (χ3v) is 2.82. The van der Waals surface area contributed by atoms with E-state index in [0.29, 0.717) is 12.4 Å². The molecule has 0 aromatic heterocycles. The van der Waals surface area contributed by atoms with Crippen LogP contribution < -0.4 is 4.74 Å². The second-order valence-electron chi connectivity index (χ2n) is 6.77. The molecule has 0 aliphatic heterocycles. The number of carbonyl (C=O) groups excluding carboxylic acids is 2. The summed E-state index contributed by atoms with van der Waals surface area (Å²) in [5, 5.41) is 0. The molecule has 1 aromatic rings. The average Bonchev–Trinajstić information content (AvgIpc) is 2.43. The molecule has 0 atom stereocenters. The van der Waals surface area contributed by atoms with Gasteiger partial charge in [0, 0.05) is 6.08 Å². The molecule has 0 amide bonds. The van der Waals surface area contributed by atoms with Crippen molar-refractivity contribution in [1.82, 2.24) is 0 Å². The number of hydrogen-bond acceptors (Lipinski definition) is 5. The highest BCUT2D eigenvalue weighted by molar-refractivity contribution is 5.87. The lowest BCUT2D eigenvalue weighted by atomic mass is 10.1. The molecule has 5 heteroatoms. The fourth-order valence-corrected chi connectivity index (χ4v) is 1.77. The van der Waals surface area contributed by atoms with E-state index in [-0.39, 0.29) is 0 Å². The summed E-state index contributed by atoms with van der Waals surface area (Å²) in [4.78, 5) is 23.6. The van der Waals surface area contributed by atoms with Gasteiger partial charge in [-0.05, 0) is 65.3 Å². The lowest BCUT2D eigenvalue weighted by Gasteiger charge is -2.29. The van der Waals surface area contributed by atoms with Crippen molar-refractivity contribution in [2.75, 3.05) is 6.61 Å². The summed E-state index contributed by atoms with van der Waals surface area (Å²) >= 11 is 0. The summed E-state index contributed by atoms with van der Waals surface area (Å²) < 4.78 is 16.0. The summed E-state index contributed by atoms with van der Waals surface area (Å²) in [6, 6.07) is 7.09. The second-order valence-corrected chi connectivity index (χ2v) is 6.77. The molecule has 0 aliphatic carbocycles. The van der Waals surface area contributed by atoms with Crippen LogP contribution in [0.3, 0.4) is 0 Å². The molecule has 1 aromatic carbocycles. The zero-order valence-electron chi connectivity index (χ0n) is 15.2. The van der Waals surface area contributed by atoms with Crippen molar-refractivity contribution in [3.8, 4) is 5.75 Å². The molecule has 0 radical (unpaired) electrons. The first-order chi connectivity index (χ1) is 11.0. The first-order valence-electron chi connectivity index (χ1n) is 7.91. The van der Waals surface area contributed by atoms with Gasteiger partial charge in [0.15, 0.2) is 5.60 Å². The molecule has 0 heterocycles. The summed E-state index contributed by atoms with van der Waals surface area (Å²) in [5.41, 5.74) is -0.945. The number of ether oxygens (including phenoxy) is 3. The van der Waals surface area contributed by atoms with Crippen LogP contribution >= 0.6 is 0 Å². The highest BCUT2D eigenvalue weighted by Gasteiger charge is 2.34. The molecule has 1 rings (SSSR count). The van der Waals surface area contributed by atoms with Crippen LogP contribution in [0.25, 0.3) is 6.08 Å². The highest BCUT2D eigenvalue weighted by Crippen LogP contribution is 2.23. The molecule has 0 unspecified atom stereocenters.